The molecule has 1 heterocycles. The van der Waals surface area contributed by atoms with Crippen LogP contribution in [-0.4, -0.2) is 6.67 Å². The van der Waals surface area contributed by atoms with Gasteiger partial charge in [-0.15, -0.1) is 0 Å². The molecule has 0 amide bonds. The Labute approximate surface area is 159 Å². The van der Waals surface area contributed by atoms with Crippen molar-refractivity contribution in [3.05, 3.63) is 70.0 Å². The van der Waals surface area contributed by atoms with Gasteiger partial charge in [-0.2, -0.15) is 0 Å². The first-order chi connectivity index (χ1) is 12.3. The fourth-order valence-corrected chi connectivity index (χ4v) is 4.19. The van der Waals surface area contributed by atoms with Crippen LogP contribution >= 0.6 is 0 Å². The Hall–Kier alpha value is -2.22. The molecule has 2 heteroatoms. The van der Waals surface area contributed by atoms with Crippen molar-refractivity contribution in [2.45, 2.75) is 60.8 Å². The van der Waals surface area contributed by atoms with E-state index in [0.29, 0.717) is 5.92 Å². The monoisotopic (exact) mass is 348 g/mol. The number of hydrogen-bond acceptors (Lipinski definition) is 2. The first-order valence-corrected chi connectivity index (χ1v) is 9.74. The summed E-state index contributed by atoms with van der Waals surface area (Å²) in [6.45, 7) is 16.5. The summed E-state index contributed by atoms with van der Waals surface area (Å²) in [4.78, 5) is 4.75. The van der Waals surface area contributed by atoms with E-state index in [1.54, 1.807) is 0 Å². The summed E-state index contributed by atoms with van der Waals surface area (Å²) in [5.74, 6) is 0.564. The van der Waals surface area contributed by atoms with Crippen LogP contribution in [0.1, 0.15) is 60.1 Å². The van der Waals surface area contributed by atoms with Crippen LogP contribution < -0.4 is 9.80 Å². The molecule has 0 N–H and O–H groups in total. The summed E-state index contributed by atoms with van der Waals surface area (Å²) in [7, 11) is 0. The van der Waals surface area contributed by atoms with Gasteiger partial charge < -0.3 is 9.80 Å². The number of hydrogen-bond donors (Lipinski definition) is 0. The van der Waals surface area contributed by atoms with Crippen molar-refractivity contribution < 1.29 is 0 Å². The van der Waals surface area contributed by atoms with Crippen molar-refractivity contribution in [2.75, 3.05) is 16.5 Å². The molecule has 1 aliphatic rings. The van der Waals surface area contributed by atoms with Gasteiger partial charge in [0, 0.05) is 23.8 Å². The number of rotatable bonds is 4. The van der Waals surface area contributed by atoms with E-state index in [-0.39, 0.29) is 0 Å². The average molecular weight is 349 g/mol. The van der Waals surface area contributed by atoms with E-state index in [2.05, 4.69) is 94.9 Å². The third-order valence-corrected chi connectivity index (χ3v) is 5.44. The van der Waals surface area contributed by atoms with Crippen molar-refractivity contribution in [3.63, 3.8) is 0 Å². The molecular weight excluding hydrogens is 316 g/mol. The Kier molecular flexibility index (Phi) is 5.13. The minimum atomic E-state index is 0.564. The second kappa shape index (κ2) is 7.19. The maximum absolute atomic E-state index is 2.38. The van der Waals surface area contributed by atoms with E-state index in [1.807, 2.05) is 0 Å². The van der Waals surface area contributed by atoms with Gasteiger partial charge in [-0.25, -0.2) is 0 Å². The fraction of sp³-hybridized carbons (Fsp3) is 0.417. The first-order valence-electron chi connectivity index (χ1n) is 9.74. The van der Waals surface area contributed by atoms with Crippen molar-refractivity contribution in [1.82, 2.24) is 0 Å². The fourth-order valence-electron chi connectivity index (χ4n) is 4.19. The third kappa shape index (κ3) is 3.38. The highest BCUT2D eigenvalue weighted by Crippen LogP contribution is 2.34. The molecule has 3 rings (SSSR count). The van der Waals surface area contributed by atoms with Gasteiger partial charge in [-0.1, -0.05) is 45.0 Å². The van der Waals surface area contributed by atoms with Gasteiger partial charge in [0.05, 0.1) is 6.67 Å². The molecule has 0 saturated carbocycles. The number of anilines is 2. The van der Waals surface area contributed by atoms with Crippen molar-refractivity contribution >= 4 is 11.4 Å². The Bertz CT molecular complexity index is 799. The standard InChI is InChI=1S/C24H32N2/c1-8-21-11-17(4)23(18(5)12-21)25-9-10-26(15-25)24-19(6)13-22(16(2)3)14-20(24)7/h9-14,16H,8,15H2,1-7H3. The molecule has 0 unspecified atom stereocenters. The Balaban J connectivity index is 1.90. The lowest BCUT2D eigenvalue weighted by molar-refractivity contribution is 0.860. The van der Waals surface area contributed by atoms with Gasteiger partial charge >= 0.3 is 0 Å². The molecule has 0 fully saturated rings. The van der Waals surface area contributed by atoms with Crippen LogP contribution in [0.15, 0.2) is 36.7 Å². The minimum absolute atomic E-state index is 0.564. The molecular formula is C24H32N2. The van der Waals surface area contributed by atoms with Gasteiger partial charge in [0.15, 0.2) is 0 Å². The molecule has 0 aromatic heterocycles. The maximum atomic E-state index is 2.38. The predicted octanol–water partition coefficient (Wildman–Crippen LogP) is 6.36. The van der Waals surface area contributed by atoms with Crippen molar-refractivity contribution in [2.24, 2.45) is 0 Å². The summed E-state index contributed by atoms with van der Waals surface area (Å²) in [5, 5.41) is 0. The molecule has 2 nitrogen and oxygen atoms in total. The summed E-state index contributed by atoms with van der Waals surface area (Å²) >= 11 is 0. The van der Waals surface area contributed by atoms with Crippen LogP contribution in [0.4, 0.5) is 11.4 Å². The van der Waals surface area contributed by atoms with E-state index in [0.717, 1.165) is 13.1 Å². The predicted molar refractivity (Wildman–Crippen MR) is 114 cm³/mol. The maximum Gasteiger partial charge on any atom is 0.0989 e. The quantitative estimate of drug-likeness (QED) is 0.634. The first kappa shape index (κ1) is 18.6. The molecule has 0 radical (unpaired) electrons. The lowest BCUT2D eigenvalue weighted by Crippen LogP contribution is -2.26. The molecule has 1 aliphatic heterocycles. The summed E-state index contributed by atoms with van der Waals surface area (Å²) in [6, 6.07) is 9.34. The van der Waals surface area contributed by atoms with E-state index in [9.17, 15) is 0 Å². The molecule has 0 aliphatic carbocycles. The van der Waals surface area contributed by atoms with E-state index in [4.69, 9.17) is 0 Å². The largest absolute Gasteiger partial charge is 0.328 e. The Morgan fingerprint density at radius 2 is 1.19 bits per heavy atom. The normalized spacial score (nSPS) is 14.0. The van der Waals surface area contributed by atoms with Crippen LogP contribution in [0.25, 0.3) is 0 Å². The van der Waals surface area contributed by atoms with Gasteiger partial charge in [0.1, 0.15) is 0 Å². The molecule has 2 aromatic rings. The van der Waals surface area contributed by atoms with E-state index >= 15 is 0 Å². The van der Waals surface area contributed by atoms with Crippen molar-refractivity contribution in [3.8, 4) is 0 Å². The average Bonchev–Trinajstić information content (AvgIpc) is 3.02. The van der Waals surface area contributed by atoms with Crippen molar-refractivity contribution in [1.29, 1.82) is 0 Å². The summed E-state index contributed by atoms with van der Waals surface area (Å²) in [6.07, 6.45) is 5.53. The molecule has 2 aromatic carbocycles. The lowest BCUT2D eigenvalue weighted by Gasteiger charge is -2.27. The Morgan fingerprint density at radius 3 is 1.58 bits per heavy atom. The molecule has 0 saturated heterocycles. The zero-order chi connectivity index (χ0) is 19.0. The second-order valence-corrected chi connectivity index (χ2v) is 7.97. The summed E-state index contributed by atoms with van der Waals surface area (Å²) < 4.78 is 0. The molecule has 0 atom stereocenters. The lowest BCUT2D eigenvalue weighted by atomic mass is 9.96. The third-order valence-electron chi connectivity index (χ3n) is 5.44. The SMILES string of the molecule is CCc1cc(C)c(N2C=CN(c3c(C)cc(C(C)C)cc3C)C2)c(C)c1. The van der Waals surface area contributed by atoms with Crippen LogP contribution in [0.5, 0.6) is 0 Å². The van der Waals surface area contributed by atoms with Gasteiger partial charge in [-0.3, -0.25) is 0 Å². The van der Waals surface area contributed by atoms with E-state index < -0.39 is 0 Å². The molecule has 0 spiro atoms. The van der Waals surface area contributed by atoms with Crippen LogP contribution in [0, 0.1) is 27.7 Å². The topological polar surface area (TPSA) is 6.48 Å². The zero-order valence-electron chi connectivity index (χ0n) is 17.4. The van der Waals surface area contributed by atoms with Gasteiger partial charge in [0.2, 0.25) is 0 Å². The minimum Gasteiger partial charge on any atom is -0.328 e. The van der Waals surface area contributed by atoms with E-state index in [1.165, 1.54) is 44.8 Å². The van der Waals surface area contributed by atoms with Gasteiger partial charge in [-0.05, 0) is 73.4 Å². The number of aryl methyl sites for hydroxylation is 5. The molecule has 26 heavy (non-hydrogen) atoms. The highest BCUT2D eigenvalue weighted by Gasteiger charge is 2.21. The summed E-state index contributed by atoms with van der Waals surface area (Å²) in [5.41, 5.74) is 11.0. The number of nitrogens with zero attached hydrogens (tertiary/aromatic N) is 2. The molecule has 138 valence electrons. The highest BCUT2D eigenvalue weighted by molar-refractivity contribution is 5.69. The second-order valence-electron chi connectivity index (χ2n) is 7.97. The zero-order valence-corrected chi connectivity index (χ0v) is 17.4. The Morgan fingerprint density at radius 1 is 0.769 bits per heavy atom. The van der Waals surface area contributed by atoms with Crippen LogP contribution in [0.2, 0.25) is 0 Å². The number of benzene rings is 2. The molecule has 0 bridgehead atoms. The van der Waals surface area contributed by atoms with Crippen LogP contribution in [0.3, 0.4) is 0 Å². The smallest absolute Gasteiger partial charge is 0.0989 e. The highest BCUT2D eigenvalue weighted by atomic mass is 15.3. The van der Waals surface area contributed by atoms with Crippen LogP contribution in [-0.2, 0) is 6.42 Å². The van der Waals surface area contributed by atoms with Gasteiger partial charge in [0.25, 0.3) is 0 Å².